The lowest BCUT2D eigenvalue weighted by atomic mass is 9.68. The van der Waals surface area contributed by atoms with Crippen molar-refractivity contribution in [3.8, 4) is 11.5 Å². The van der Waals surface area contributed by atoms with Gasteiger partial charge in [0.25, 0.3) is 0 Å². The Labute approximate surface area is 213 Å². The van der Waals surface area contributed by atoms with Crippen LogP contribution >= 0.6 is 23.1 Å². The van der Waals surface area contributed by atoms with Gasteiger partial charge in [-0.3, -0.25) is 19.3 Å². The van der Waals surface area contributed by atoms with E-state index in [4.69, 9.17) is 4.74 Å². The topological polar surface area (TPSA) is 99.7 Å². The monoisotopic (exact) mass is 524 g/mol. The van der Waals surface area contributed by atoms with Crippen molar-refractivity contribution in [3.63, 3.8) is 0 Å². The van der Waals surface area contributed by atoms with Gasteiger partial charge in [-0.2, -0.15) is 0 Å². The van der Waals surface area contributed by atoms with Gasteiger partial charge in [0, 0.05) is 16.0 Å². The van der Waals surface area contributed by atoms with Crippen LogP contribution in [0.25, 0.3) is 0 Å². The highest BCUT2D eigenvalue weighted by Gasteiger charge is 2.69. The van der Waals surface area contributed by atoms with Gasteiger partial charge in [-0.05, 0) is 66.1 Å². The van der Waals surface area contributed by atoms with Crippen molar-refractivity contribution in [1.82, 2.24) is 4.98 Å². The Bertz CT molecular complexity index is 1480. The predicted molar refractivity (Wildman–Crippen MR) is 132 cm³/mol. The normalized spacial score (nSPS) is 31.9. The van der Waals surface area contributed by atoms with Crippen LogP contribution in [-0.4, -0.2) is 34.3 Å². The lowest BCUT2D eigenvalue weighted by molar-refractivity contribution is -0.123. The number of amides is 2. The first-order valence-electron chi connectivity index (χ1n) is 11.8. The van der Waals surface area contributed by atoms with Crippen LogP contribution in [0.1, 0.15) is 22.8 Å². The Morgan fingerprint density at radius 1 is 1.06 bits per heavy atom. The number of aromatic amines is 1. The number of phenolic OH excluding ortho intramolecular Hbond substituents is 1. The summed E-state index contributed by atoms with van der Waals surface area (Å²) in [6.07, 6.45) is 0.775. The summed E-state index contributed by atoms with van der Waals surface area (Å²) in [4.78, 5) is 44.6. The molecule has 1 saturated heterocycles. The Morgan fingerprint density at radius 2 is 1.78 bits per heavy atom. The van der Waals surface area contributed by atoms with E-state index in [2.05, 4.69) is 4.98 Å². The SMILES string of the molecule is COc1cc([C@@H]2c3sc(=O)[nH]c3S[C@@H]3[C@@H]4C[C@@H]([C@@H]5C(=O)N(c6ccc(F)cc6)C(=O)[C@@H]45)[C@@H]23)ccc1O. The zero-order valence-electron chi connectivity index (χ0n) is 19.0. The van der Waals surface area contributed by atoms with Crippen LogP contribution in [0.5, 0.6) is 11.5 Å². The number of hydrogen-bond donors (Lipinski definition) is 2. The van der Waals surface area contributed by atoms with Gasteiger partial charge >= 0.3 is 4.87 Å². The second-order valence-corrected chi connectivity index (χ2v) is 12.1. The van der Waals surface area contributed by atoms with Gasteiger partial charge in [0.1, 0.15) is 5.82 Å². The molecule has 2 saturated carbocycles. The van der Waals surface area contributed by atoms with Gasteiger partial charge in [-0.25, -0.2) is 4.39 Å². The van der Waals surface area contributed by atoms with Gasteiger partial charge in [0.2, 0.25) is 11.8 Å². The minimum Gasteiger partial charge on any atom is -0.504 e. The molecule has 3 aromatic rings. The summed E-state index contributed by atoms with van der Waals surface area (Å²) < 4.78 is 18.9. The number of nitrogens with one attached hydrogen (secondary N) is 1. The largest absolute Gasteiger partial charge is 0.504 e. The second kappa shape index (κ2) is 7.69. The van der Waals surface area contributed by atoms with E-state index in [1.54, 1.807) is 23.9 Å². The Hall–Kier alpha value is -3.11. The molecular weight excluding hydrogens is 503 g/mol. The highest BCUT2D eigenvalue weighted by atomic mass is 32.2. The fourth-order valence-corrected chi connectivity index (χ4v) is 10.0. The zero-order valence-corrected chi connectivity index (χ0v) is 20.6. The van der Waals surface area contributed by atoms with E-state index in [1.807, 2.05) is 6.07 Å². The first kappa shape index (κ1) is 22.1. The van der Waals surface area contributed by atoms with Crippen molar-refractivity contribution in [1.29, 1.82) is 0 Å². The van der Waals surface area contributed by atoms with E-state index in [9.17, 15) is 23.9 Å². The number of fused-ring (bicyclic) bond motifs is 9. The van der Waals surface area contributed by atoms with E-state index in [0.29, 0.717) is 11.4 Å². The molecule has 2 aliphatic heterocycles. The minimum atomic E-state index is -0.437. The summed E-state index contributed by atoms with van der Waals surface area (Å²) in [5, 5.41) is 11.1. The molecule has 7 atom stereocenters. The number of aromatic hydroxyl groups is 1. The van der Waals surface area contributed by atoms with Crippen LogP contribution in [0.15, 0.2) is 52.3 Å². The maximum atomic E-state index is 13.7. The molecule has 3 fully saturated rings. The molecule has 2 N–H and O–H groups in total. The number of hydrogen-bond acceptors (Lipinski definition) is 7. The molecule has 2 aromatic carbocycles. The fraction of sp³-hybridized carbons (Fsp3) is 0.346. The van der Waals surface area contributed by atoms with Crippen molar-refractivity contribution in [2.75, 3.05) is 12.0 Å². The highest BCUT2D eigenvalue weighted by Crippen LogP contribution is 2.68. The number of nitrogens with zero attached hydrogens (tertiary/aromatic N) is 1. The molecule has 3 heterocycles. The number of methoxy groups -OCH3 is 1. The Kier molecular flexibility index (Phi) is 4.73. The number of thioether (sulfide) groups is 1. The van der Waals surface area contributed by atoms with Crippen molar-refractivity contribution >= 4 is 40.6 Å². The van der Waals surface area contributed by atoms with Crippen LogP contribution < -0.4 is 14.5 Å². The molecular formula is C26H21FN2O5S2. The van der Waals surface area contributed by atoms with E-state index in [0.717, 1.165) is 21.9 Å². The first-order chi connectivity index (χ1) is 17.4. The number of H-pyrrole nitrogens is 1. The van der Waals surface area contributed by atoms with Crippen molar-refractivity contribution in [2.45, 2.75) is 22.6 Å². The van der Waals surface area contributed by atoms with Gasteiger partial charge in [-0.15, -0.1) is 11.8 Å². The summed E-state index contributed by atoms with van der Waals surface area (Å²) in [7, 11) is 1.49. The first-order valence-corrected chi connectivity index (χ1v) is 13.5. The number of aromatic nitrogens is 1. The van der Waals surface area contributed by atoms with Crippen LogP contribution in [0.4, 0.5) is 10.1 Å². The van der Waals surface area contributed by atoms with Gasteiger partial charge in [-0.1, -0.05) is 17.4 Å². The third-order valence-corrected chi connectivity index (χ3v) is 11.0. The standard InChI is InChI=1S/C26H21FN2O5S2/c1-34-16-8-10(2-7-15(16)30)17-18-13-9-14(21(18)35-23-22(17)36-26(33)28-23)20-19(13)24(31)29(25(20)32)12-5-3-11(27)4-6-12/h2-8,13-14,17-21,30H,9H2,1H3,(H,28,33)/t13-,14-,17+,18+,19+,20+,21-/m1/s1. The number of carbonyl (C=O) groups is 2. The van der Waals surface area contributed by atoms with Gasteiger partial charge in [0.15, 0.2) is 11.5 Å². The molecule has 184 valence electrons. The molecule has 2 amide bonds. The minimum absolute atomic E-state index is 0.00467. The zero-order chi connectivity index (χ0) is 24.9. The predicted octanol–water partition coefficient (Wildman–Crippen LogP) is 3.97. The molecule has 4 aliphatic rings. The van der Waals surface area contributed by atoms with Crippen molar-refractivity contribution in [3.05, 3.63) is 68.4 Å². The molecule has 10 heteroatoms. The average molecular weight is 525 g/mol. The number of halogens is 1. The molecule has 7 nitrogen and oxygen atoms in total. The fourth-order valence-electron chi connectivity index (χ4n) is 7.12. The molecule has 2 bridgehead atoms. The summed E-state index contributed by atoms with van der Waals surface area (Å²) in [6, 6.07) is 10.7. The quantitative estimate of drug-likeness (QED) is 0.503. The number of carbonyl (C=O) groups excluding carboxylic acids is 2. The molecule has 0 radical (unpaired) electrons. The smallest absolute Gasteiger partial charge is 0.305 e. The lowest BCUT2D eigenvalue weighted by Gasteiger charge is -2.43. The van der Waals surface area contributed by atoms with Crippen molar-refractivity contribution < 1.29 is 23.8 Å². The average Bonchev–Trinajstić information content (AvgIpc) is 3.59. The molecule has 1 aromatic heterocycles. The molecule has 7 rings (SSSR count). The molecule has 36 heavy (non-hydrogen) atoms. The summed E-state index contributed by atoms with van der Waals surface area (Å²) >= 11 is 2.80. The number of rotatable bonds is 3. The second-order valence-electron chi connectivity index (χ2n) is 9.88. The summed E-state index contributed by atoms with van der Waals surface area (Å²) in [5.74, 6) is -1.48. The van der Waals surface area contributed by atoms with E-state index >= 15 is 0 Å². The molecule has 0 unspecified atom stereocenters. The van der Waals surface area contributed by atoms with Crippen molar-refractivity contribution in [2.24, 2.45) is 29.6 Å². The Balaban J connectivity index is 1.33. The maximum Gasteiger partial charge on any atom is 0.305 e. The van der Waals surface area contributed by atoms with Crippen LogP contribution in [0, 0.1) is 35.4 Å². The molecule has 0 spiro atoms. The third-order valence-electron chi connectivity index (χ3n) is 8.37. The lowest BCUT2D eigenvalue weighted by Crippen LogP contribution is -2.42. The maximum absolute atomic E-state index is 13.7. The number of ether oxygens (including phenoxy) is 1. The van der Waals surface area contributed by atoms with E-state index < -0.39 is 17.7 Å². The highest BCUT2D eigenvalue weighted by molar-refractivity contribution is 8.00. The van der Waals surface area contributed by atoms with E-state index in [1.165, 1.54) is 47.6 Å². The summed E-state index contributed by atoms with van der Waals surface area (Å²) in [5.41, 5.74) is 1.31. The van der Waals surface area contributed by atoms with Crippen LogP contribution in [0.2, 0.25) is 0 Å². The van der Waals surface area contributed by atoms with Crippen LogP contribution in [0.3, 0.4) is 0 Å². The summed E-state index contributed by atoms with van der Waals surface area (Å²) in [6.45, 7) is 0. The van der Waals surface area contributed by atoms with Crippen LogP contribution in [-0.2, 0) is 9.59 Å². The number of benzene rings is 2. The van der Waals surface area contributed by atoms with Gasteiger partial charge < -0.3 is 14.8 Å². The third kappa shape index (κ3) is 2.88. The number of phenols is 1. The number of thiazole rings is 1. The van der Waals surface area contributed by atoms with Gasteiger partial charge in [0.05, 0.1) is 29.7 Å². The number of anilines is 1. The molecule has 2 aliphatic carbocycles. The Morgan fingerprint density at radius 3 is 2.50 bits per heavy atom. The van der Waals surface area contributed by atoms with E-state index in [-0.39, 0.29) is 51.4 Å². The number of imide groups is 1.